The van der Waals surface area contributed by atoms with Crippen LogP contribution in [0, 0.1) is 11.3 Å². The van der Waals surface area contributed by atoms with Crippen LogP contribution in [0.25, 0.3) is 0 Å². The summed E-state index contributed by atoms with van der Waals surface area (Å²) < 4.78 is 5.78. The van der Waals surface area contributed by atoms with Crippen LogP contribution >= 0.6 is 0 Å². The molecule has 0 saturated heterocycles. The molecular weight excluding hydrogens is 260 g/mol. The van der Waals surface area contributed by atoms with Gasteiger partial charge in [-0.3, -0.25) is 0 Å². The Kier molecular flexibility index (Phi) is 4.00. The first-order chi connectivity index (χ1) is 10.00. The molecule has 1 aromatic carbocycles. The van der Waals surface area contributed by atoms with Crippen molar-refractivity contribution in [1.82, 2.24) is 0 Å². The number of aliphatic hydroxyl groups is 1. The molecule has 2 atom stereocenters. The lowest BCUT2D eigenvalue weighted by atomic mass is 9.72. The molecule has 1 aromatic rings. The monoisotopic (exact) mass is 288 g/mol. The van der Waals surface area contributed by atoms with E-state index >= 15 is 0 Å². The van der Waals surface area contributed by atoms with Gasteiger partial charge in [-0.2, -0.15) is 0 Å². The molecule has 2 nitrogen and oxygen atoms in total. The molecule has 0 bridgehead atoms. The molecule has 1 saturated carbocycles. The molecule has 1 aliphatic heterocycles. The molecule has 0 radical (unpaired) electrons. The van der Waals surface area contributed by atoms with Gasteiger partial charge in [0.25, 0.3) is 0 Å². The van der Waals surface area contributed by atoms with Gasteiger partial charge >= 0.3 is 0 Å². The Morgan fingerprint density at radius 3 is 2.67 bits per heavy atom. The maximum Gasteiger partial charge on any atom is 0.123 e. The number of ether oxygens (including phenoxy) is 1. The quantitative estimate of drug-likeness (QED) is 0.874. The average molecular weight is 288 g/mol. The van der Waals surface area contributed by atoms with Gasteiger partial charge < -0.3 is 9.84 Å². The number of benzene rings is 1. The van der Waals surface area contributed by atoms with Gasteiger partial charge in [0.15, 0.2) is 0 Å². The first-order valence-corrected chi connectivity index (χ1v) is 8.48. The molecule has 3 rings (SSSR count). The Labute approximate surface area is 128 Å². The van der Waals surface area contributed by atoms with Gasteiger partial charge in [0.1, 0.15) is 11.9 Å². The number of fused-ring (bicyclic) bond motifs is 1. The second kappa shape index (κ2) is 5.64. The van der Waals surface area contributed by atoms with Gasteiger partial charge in [0.05, 0.1) is 6.10 Å². The van der Waals surface area contributed by atoms with Crippen LogP contribution in [0.3, 0.4) is 0 Å². The molecule has 2 heteroatoms. The van der Waals surface area contributed by atoms with Gasteiger partial charge in [0, 0.05) is 11.8 Å². The second-order valence-corrected chi connectivity index (χ2v) is 7.57. The third kappa shape index (κ3) is 2.83. The minimum atomic E-state index is -0.330. The van der Waals surface area contributed by atoms with E-state index in [-0.39, 0.29) is 17.6 Å². The zero-order valence-electron chi connectivity index (χ0n) is 13.6. The summed E-state index contributed by atoms with van der Waals surface area (Å²) in [5.41, 5.74) is 2.44. The van der Waals surface area contributed by atoms with E-state index in [4.69, 9.17) is 4.74 Å². The Morgan fingerprint density at radius 1 is 1.29 bits per heavy atom. The molecule has 0 aromatic heterocycles. The SMILES string of the molecule is CC(C)CC1(C(O)c2ccc3c(c2)CC(C)O3)CCCC1. The molecule has 116 valence electrons. The highest BCUT2D eigenvalue weighted by Crippen LogP contribution is 2.52. The topological polar surface area (TPSA) is 29.5 Å². The maximum absolute atomic E-state index is 11.1. The minimum Gasteiger partial charge on any atom is -0.490 e. The molecular formula is C19H28O2. The summed E-state index contributed by atoms with van der Waals surface area (Å²) in [5.74, 6) is 1.64. The fourth-order valence-electron chi connectivity index (χ4n) is 4.45. The lowest BCUT2D eigenvalue weighted by Gasteiger charge is -2.36. The molecule has 2 unspecified atom stereocenters. The van der Waals surface area contributed by atoms with Crippen LogP contribution in [0.1, 0.15) is 70.1 Å². The molecule has 1 aliphatic carbocycles. The van der Waals surface area contributed by atoms with E-state index in [1.54, 1.807) is 0 Å². The summed E-state index contributed by atoms with van der Waals surface area (Å²) in [4.78, 5) is 0. The van der Waals surface area contributed by atoms with Crippen molar-refractivity contribution in [3.05, 3.63) is 29.3 Å². The first kappa shape index (κ1) is 14.9. The highest BCUT2D eigenvalue weighted by molar-refractivity contribution is 5.41. The third-order valence-corrected chi connectivity index (χ3v) is 5.23. The normalized spacial score (nSPS) is 24.9. The van der Waals surface area contributed by atoms with Gasteiger partial charge in [-0.15, -0.1) is 0 Å². The summed E-state index contributed by atoms with van der Waals surface area (Å²) in [5, 5.41) is 11.1. The van der Waals surface area contributed by atoms with E-state index in [0.717, 1.165) is 37.0 Å². The van der Waals surface area contributed by atoms with E-state index < -0.39 is 0 Å². The standard InChI is InChI=1S/C19H28O2/c1-13(2)12-19(8-4-5-9-19)18(20)15-6-7-17-16(11-15)10-14(3)21-17/h6-7,11,13-14,18,20H,4-5,8-10,12H2,1-3H3. The number of hydrogen-bond donors (Lipinski definition) is 1. The van der Waals surface area contributed by atoms with E-state index in [9.17, 15) is 5.11 Å². The molecule has 1 N–H and O–H groups in total. The highest BCUT2D eigenvalue weighted by Gasteiger charge is 2.41. The van der Waals surface area contributed by atoms with Crippen molar-refractivity contribution in [3.8, 4) is 5.75 Å². The molecule has 21 heavy (non-hydrogen) atoms. The number of rotatable bonds is 4. The average Bonchev–Trinajstić information content (AvgIpc) is 3.02. The first-order valence-electron chi connectivity index (χ1n) is 8.48. The molecule has 1 fully saturated rings. The molecule has 1 heterocycles. The number of aliphatic hydroxyl groups excluding tert-OH is 1. The van der Waals surface area contributed by atoms with Crippen LogP contribution in [0.2, 0.25) is 0 Å². The lowest BCUT2D eigenvalue weighted by Crippen LogP contribution is -2.27. The Bertz CT molecular complexity index is 500. The van der Waals surface area contributed by atoms with Gasteiger partial charge in [-0.05, 0) is 55.4 Å². The van der Waals surface area contributed by atoms with Gasteiger partial charge in [0.2, 0.25) is 0 Å². The number of hydrogen-bond acceptors (Lipinski definition) is 2. The van der Waals surface area contributed by atoms with Gasteiger partial charge in [-0.1, -0.05) is 32.8 Å². The van der Waals surface area contributed by atoms with Crippen molar-refractivity contribution in [2.45, 2.75) is 71.5 Å². The van der Waals surface area contributed by atoms with Crippen molar-refractivity contribution < 1.29 is 9.84 Å². The Hall–Kier alpha value is -1.02. The van der Waals surface area contributed by atoms with Crippen LogP contribution in [-0.4, -0.2) is 11.2 Å². The van der Waals surface area contributed by atoms with Crippen LogP contribution in [0.15, 0.2) is 18.2 Å². The third-order valence-electron chi connectivity index (χ3n) is 5.23. The van der Waals surface area contributed by atoms with Crippen molar-refractivity contribution in [2.24, 2.45) is 11.3 Å². The predicted molar refractivity (Wildman–Crippen MR) is 85.6 cm³/mol. The van der Waals surface area contributed by atoms with Gasteiger partial charge in [-0.25, -0.2) is 0 Å². The van der Waals surface area contributed by atoms with Crippen molar-refractivity contribution >= 4 is 0 Å². The smallest absolute Gasteiger partial charge is 0.123 e. The predicted octanol–water partition coefficient (Wildman–Crippen LogP) is 4.65. The Morgan fingerprint density at radius 2 is 2.00 bits per heavy atom. The van der Waals surface area contributed by atoms with Crippen molar-refractivity contribution in [3.63, 3.8) is 0 Å². The van der Waals surface area contributed by atoms with Crippen LogP contribution in [0.5, 0.6) is 5.75 Å². The fourth-order valence-corrected chi connectivity index (χ4v) is 4.45. The highest BCUT2D eigenvalue weighted by atomic mass is 16.5. The van der Waals surface area contributed by atoms with Crippen molar-refractivity contribution in [2.75, 3.05) is 0 Å². The van der Waals surface area contributed by atoms with E-state index in [0.29, 0.717) is 5.92 Å². The van der Waals surface area contributed by atoms with E-state index in [1.165, 1.54) is 18.4 Å². The molecule has 0 amide bonds. The van der Waals surface area contributed by atoms with E-state index in [1.807, 2.05) is 0 Å². The zero-order valence-corrected chi connectivity index (χ0v) is 13.6. The van der Waals surface area contributed by atoms with Crippen LogP contribution in [0.4, 0.5) is 0 Å². The summed E-state index contributed by atoms with van der Waals surface area (Å²) in [6, 6.07) is 6.31. The van der Waals surface area contributed by atoms with E-state index in [2.05, 4.69) is 39.0 Å². The second-order valence-electron chi connectivity index (χ2n) is 7.57. The summed E-state index contributed by atoms with van der Waals surface area (Å²) in [6.07, 6.45) is 6.87. The molecule has 0 spiro atoms. The van der Waals surface area contributed by atoms with Crippen LogP contribution < -0.4 is 4.74 Å². The Balaban J connectivity index is 1.87. The van der Waals surface area contributed by atoms with Crippen LogP contribution in [-0.2, 0) is 6.42 Å². The summed E-state index contributed by atoms with van der Waals surface area (Å²) in [7, 11) is 0. The summed E-state index contributed by atoms with van der Waals surface area (Å²) >= 11 is 0. The van der Waals surface area contributed by atoms with Crippen molar-refractivity contribution in [1.29, 1.82) is 0 Å². The zero-order chi connectivity index (χ0) is 15.0. The largest absolute Gasteiger partial charge is 0.490 e. The maximum atomic E-state index is 11.1. The summed E-state index contributed by atoms with van der Waals surface area (Å²) in [6.45, 7) is 6.64. The minimum absolute atomic E-state index is 0.0908. The fraction of sp³-hybridized carbons (Fsp3) is 0.684. The molecule has 2 aliphatic rings. The lowest BCUT2D eigenvalue weighted by molar-refractivity contribution is 0.0111.